The number of benzene rings is 1. The summed E-state index contributed by atoms with van der Waals surface area (Å²) in [5.41, 5.74) is 2.12. The fraction of sp³-hybridized carbons (Fsp3) is 0.600. The van der Waals surface area contributed by atoms with Gasteiger partial charge in [0.15, 0.2) is 0 Å². The highest BCUT2D eigenvalue weighted by molar-refractivity contribution is 14.1. The van der Waals surface area contributed by atoms with Gasteiger partial charge in [-0.3, -0.25) is 5.41 Å². The molecular weight excluding hydrogens is 465 g/mol. The number of nitrogens with one attached hydrogen (secondary N) is 2. The summed E-state index contributed by atoms with van der Waals surface area (Å²) in [6.07, 6.45) is 7.72. The van der Waals surface area contributed by atoms with Gasteiger partial charge in [0.1, 0.15) is 6.33 Å². The van der Waals surface area contributed by atoms with Gasteiger partial charge in [-0.15, -0.1) is 5.10 Å². The minimum Gasteiger partial charge on any atom is -0.385 e. The van der Waals surface area contributed by atoms with Crippen LogP contribution in [0.4, 0.5) is 5.69 Å². The first kappa shape index (κ1) is 19.6. The number of piperidine rings is 1. The summed E-state index contributed by atoms with van der Waals surface area (Å²) in [6.45, 7) is 3.22. The number of hydrogen-bond donors (Lipinski definition) is 2. The SMILES string of the molecule is N=C(CCI)N1CCC([C@H]2C[C@H]2CCNc2ccc(-n3cnnn3)cc2)CC1. The molecule has 4 rings (SSSR count). The zero-order valence-electron chi connectivity index (χ0n) is 16.1. The van der Waals surface area contributed by atoms with Crippen molar-refractivity contribution in [2.45, 2.75) is 32.1 Å². The second kappa shape index (κ2) is 9.19. The molecule has 2 fully saturated rings. The average molecular weight is 493 g/mol. The van der Waals surface area contributed by atoms with Gasteiger partial charge >= 0.3 is 0 Å². The van der Waals surface area contributed by atoms with Crippen LogP contribution in [0.1, 0.15) is 32.1 Å². The van der Waals surface area contributed by atoms with Gasteiger partial charge in [0, 0.05) is 36.2 Å². The lowest BCUT2D eigenvalue weighted by Gasteiger charge is -2.34. The van der Waals surface area contributed by atoms with Crippen molar-refractivity contribution in [3.63, 3.8) is 0 Å². The number of halogens is 1. The largest absolute Gasteiger partial charge is 0.385 e. The van der Waals surface area contributed by atoms with Crippen LogP contribution in [0.2, 0.25) is 0 Å². The number of hydrogen-bond acceptors (Lipinski definition) is 5. The monoisotopic (exact) mass is 493 g/mol. The molecule has 28 heavy (non-hydrogen) atoms. The van der Waals surface area contributed by atoms with Crippen LogP contribution in [0, 0.1) is 23.2 Å². The van der Waals surface area contributed by atoms with Gasteiger partial charge in [-0.25, -0.2) is 4.68 Å². The zero-order chi connectivity index (χ0) is 19.3. The molecule has 1 aromatic heterocycles. The predicted molar refractivity (Wildman–Crippen MR) is 119 cm³/mol. The Morgan fingerprint density at radius 2 is 2.00 bits per heavy atom. The molecule has 2 N–H and O–H groups in total. The summed E-state index contributed by atoms with van der Waals surface area (Å²) in [6, 6.07) is 8.23. The quantitative estimate of drug-likeness (QED) is 0.254. The Balaban J connectivity index is 1.15. The van der Waals surface area contributed by atoms with Crippen molar-refractivity contribution in [3.05, 3.63) is 30.6 Å². The maximum Gasteiger partial charge on any atom is 0.143 e. The third-order valence-corrected chi connectivity index (χ3v) is 6.70. The molecule has 0 unspecified atom stereocenters. The molecule has 1 saturated carbocycles. The van der Waals surface area contributed by atoms with Gasteiger partial charge in [0.05, 0.1) is 11.5 Å². The molecule has 0 bridgehead atoms. The Hall–Kier alpha value is -1.71. The summed E-state index contributed by atoms with van der Waals surface area (Å²) in [5.74, 6) is 3.53. The lowest BCUT2D eigenvalue weighted by Crippen LogP contribution is -2.38. The standard InChI is InChI=1S/C20H28IN7/c21-9-5-20(22)27-11-7-15(8-12-27)19-13-16(19)6-10-23-17-1-3-18(4-2-17)28-14-24-25-26-28/h1-4,14-16,19,22-23H,5-13H2/t16-,19-/m1/s1. The molecule has 0 spiro atoms. The van der Waals surface area contributed by atoms with Crippen molar-refractivity contribution in [2.75, 3.05) is 29.4 Å². The lowest BCUT2D eigenvalue weighted by atomic mass is 9.90. The number of rotatable bonds is 8. The number of tetrazole rings is 1. The van der Waals surface area contributed by atoms with Gasteiger partial charge in [-0.2, -0.15) is 0 Å². The molecule has 0 amide bonds. The van der Waals surface area contributed by atoms with Crippen LogP contribution in [-0.4, -0.2) is 55.0 Å². The lowest BCUT2D eigenvalue weighted by molar-refractivity contribution is 0.235. The summed E-state index contributed by atoms with van der Waals surface area (Å²) >= 11 is 2.36. The van der Waals surface area contributed by atoms with E-state index in [0.717, 1.165) is 65.4 Å². The maximum atomic E-state index is 8.14. The number of nitrogens with zero attached hydrogens (tertiary/aromatic N) is 5. The summed E-state index contributed by atoms with van der Waals surface area (Å²) in [4.78, 5) is 2.30. The summed E-state index contributed by atoms with van der Waals surface area (Å²) < 4.78 is 2.71. The van der Waals surface area contributed by atoms with Gasteiger partial charge < -0.3 is 10.2 Å². The van der Waals surface area contributed by atoms with Crippen LogP contribution in [0.15, 0.2) is 30.6 Å². The van der Waals surface area contributed by atoms with Crippen LogP contribution in [-0.2, 0) is 0 Å². The molecule has 0 radical (unpaired) electrons. The van der Waals surface area contributed by atoms with Gasteiger partial charge in [0.25, 0.3) is 0 Å². The first-order valence-corrected chi connectivity index (χ1v) is 11.7. The van der Waals surface area contributed by atoms with Crippen molar-refractivity contribution in [1.29, 1.82) is 5.41 Å². The first-order valence-electron chi connectivity index (χ1n) is 10.2. The third-order valence-electron chi connectivity index (χ3n) is 6.16. The topological polar surface area (TPSA) is 82.7 Å². The Labute approximate surface area is 179 Å². The molecule has 1 aromatic carbocycles. The van der Waals surface area contributed by atoms with E-state index in [0.29, 0.717) is 0 Å². The molecule has 150 valence electrons. The molecule has 7 nitrogen and oxygen atoms in total. The predicted octanol–water partition coefficient (Wildman–Crippen LogP) is 3.61. The van der Waals surface area contributed by atoms with Crippen LogP contribution in [0.5, 0.6) is 0 Å². The molecule has 2 aliphatic rings. The van der Waals surface area contributed by atoms with E-state index in [1.807, 2.05) is 12.1 Å². The number of anilines is 1. The summed E-state index contributed by atoms with van der Waals surface area (Å²) in [7, 11) is 0. The molecule has 1 saturated heterocycles. The Morgan fingerprint density at radius 3 is 2.68 bits per heavy atom. The second-order valence-corrected chi connectivity index (χ2v) is 8.97. The minimum atomic E-state index is 0.843. The molecule has 2 heterocycles. The van der Waals surface area contributed by atoms with Crippen molar-refractivity contribution < 1.29 is 0 Å². The number of amidine groups is 1. The smallest absolute Gasteiger partial charge is 0.143 e. The van der Waals surface area contributed by atoms with Crippen molar-refractivity contribution in [1.82, 2.24) is 25.1 Å². The molecule has 2 aromatic rings. The van der Waals surface area contributed by atoms with Crippen LogP contribution < -0.4 is 5.32 Å². The van der Waals surface area contributed by atoms with Crippen molar-refractivity contribution in [2.24, 2.45) is 17.8 Å². The van der Waals surface area contributed by atoms with Crippen molar-refractivity contribution in [3.8, 4) is 5.69 Å². The van der Waals surface area contributed by atoms with E-state index < -0.39 is 0 Å². The number of likely N-dealkylation sites (tertiary alicyclic amines) is 1. The van der Waals surface area contributed by atoms with E-state index in [2.05, 4.69) is 60.5 Å². The first-order chi connectivity index (χ1) is 13.7. The van der Waals surface area contributed by atoms with E-state index in [1.165, 1.54) is 25.7 Å². The van der Waals surface area contributed by atoms with E-state index >= 15 is 0 Å². The Morgan fingerprint density at radius 1 is 1.21 bits per heavy atom. The molecule has 1 aliphatic carbocycles. The van der Waals surface area contributed by atoms with Crippen LogP contribution >= 0.6 is 22.6 Å². The van der Waals surface area contributed by atoms with Crippen LogP contribution in [0.25, 0.3) is 5.69 Å². The van der Waals surface area contributed by atoms with E-state index in [4.69, 9.17) is 5.41 Å². The van der Waals surface area contributed by atoms with Crippen molar-refractivity contribution >= 4 is 34.1 Å². The van der Waals surface area contributed by atoms with E-state index in [-0.39, 0.29) is 0 Å². The fourth-order valence-corrected chi connectivity index (χ4v) is 4.95. The highest BCUT2D eigenvalue weighted by Crippen LogP contribution is 2.49. The average Bonchev–Trinajstić information content (AvgIpc) is 3.28. The van der Waals surface area contributed by atoms with Gasteiger partial charge in [0.2, 0.25) is 0 Å². The molecule has 8 heteroatoms. The van der Waals surface area contributed by atoms with E-state index in [9.17, 15) is 0 Å². The molecule has 2 atom stereocenters. The normalized spacial score (nSPS) is 22.2. The van der Waals surface area contributed by atoms with Gasteiger partial charge in [-0.1, -0.05) is 22.6 Å². The Kier molecular flexibility index (Phi) is 6.43. The number of alkyl halides is 1. The summed E-state index contributed by atoms with van der Waals surface area (Å²) in [5, 5.41) is 22.9. The zero-order valence-corrected chi connectivity index (χ0v) is 18.3. The second-order valence-electron chi connectivity index (χ2n) is 7.89. The highest BCUT2D eigenvalue weighted by atomic mass is 127. The van der Waals surface area contributed by atoms with E-state index in [1.54, 1.807) is 11.0 Å². The highest BCUT2D eigenvalue weighted by Gasteiger charge is 2.42. The molecular formula is C20H28IN7. The number of aromatic nitrogens is 4. The minimum absolute atomic E-state index is 0.843. The maximum absolute atomic E-state index is 8.14. The van der Waals surface area contributed by atoms with Crippen LogP contribution in [0.3, 0.4) is 0 Å². The Bertz CT molecular complexity index is 753. The fourth-order valence-electron chi connectivity index (χ4n) is 4.44. The third kappa shape index (κ3) is 4.82. The van der Waals surface area contributed by atoms with Gasteiger partial charge in [-0.05, 0) is 78.1 Å². The molecule has 1 aliphatic heterocycles.